The molecule has 0 fully saturated rings. The Morgan fingerprint density at radius 3 is 2.94 bits per heavy atom. The van der Waals surface area contributed by atoms with Crippen molar-refractivity contribution in [3.8, 4) is 0 Å². The molecule has 0 unspecified atom stereocenters. The molecule has 2 aromatic rings. The van der Waals surface area contributed by atoms with Gasteiger partial charge in [-0.05, 0) is 6.54 Å². The lowest BCUT2D eigenvalue weighted by Gasteiger charge is -1.98. The molecule has 0 aromatic carbocycles. The van der Waals surface area contributed by atoms with Crippen molar-refractivity contribution < 1.29 is 0 Å². The largest absolute Gasteiger partial charge is 0.333 e. The third kappa shape index (κ3) is 2.70. The predicted octanol–water partition coefficient (Wildman–Crippen LogP) is 0.774. The molecule has 0 saturated heterocycles. The zero-order valence-corrected chi connectivity index (χ0v) is 9.72. The van der Waals surface area contributed by atoms with Gasteiger partial charge in [0, 0.05) is 31.5 Å². The zero-order chi connectivity index (χ0) is 11.4. The molecule has 2 aromatic heterocycles. The predicted molar refractivity (Wildman–Crippen MR) is 61.9 cm³/mol. The van der Waals surface area contributed by atoms with E-state index in [0.29, 0.717) is 0 Å². The van der Waals surface area contributed by atoms with Crippen LogP contribution in [-0.2, 0) is 20.1 Å². The van der Waals surface area contributed by atoms with Crippen LogP contribution in [0.5, 0.6) is 0 Å². The first-order valence-corrected chi connectivity index (χ1v) is 5.47. The van der Waals surface area contributed by atoms with E-state index in [1.165, 1.54) is 5.56 Å². The van der Waals surface area contributed by atoms with Gasteiger partial charge in [0.2, 0.25) is 0 Å². The minimum absolute atomic E-state index is 0.826. The Kier molecular flexibility index (Phi) is 3.36. The van der Waals surface area contributed by atoms with Crippen molar-refractivity contribution in [3.05, 3.63) is 36.2 Å². The van der Waals surface area contributed by atoms with Crippen LogP contribution in [0.15, 0.2) is 24.9 Å². The molecule has 2 rings (SSSR count). The van der Waals surface area contributed by atoms with E-state index < -0.39 is 0 Å². The minimum Gasteiger partial charge on any atom is -0.333 e. The van der Waals surface area contributed by atoms with Crippen LogP contribution in [0.2, 0.25) is 0 Å². The van der Waals surface area contributed by atoms with E-state index >= 15 is 0 Å². The summed E-state index contributed by atoms with van der Waals surface area (Å²) in [5.74, 6) is 0. The van der Waals surface area contributed by atoms with Crippen molar-refractivity contribution in [1.82, 2.24) is 24.6 Å². The Balaban J connectivity index is 1.97. The highest BCUT2D eigenvalue weighted by Crippen LogP contribution is 2.02. The molecular formula is C11H17N5. The first-order chi connectivity index (χ1) is 7.78. The second kappa shape index (κ2) is 4.94. The van der Waals surface area contributed by atoms with E-state index in [1.807, 2.05) is 30.5 Å². The van der Waals surface area contributed by atoms with Gasteiger partial charge in [0.15, 0.2) is 0 Å². The molecule has 0 aliphatic heterocycles. The number of imidazole rings is 1. The topological polar surface area (TPSA) is 47.7 Å². The van der Waals surface area contributed by atoms with E-state index in [2.05, 4.69) is 33.1 Å². The smallest absolute Gasteiger partial charge is 0.0953 e. The van der Waals surface area contributed by atoms with Gasteiger partial charge >= 0.3 is 0 Å². The van der Waals surface area contributed by atoms with E-state index in [0.717, 1.165) is 25.3 Å². The fraction of sp³-hybridized carbons (Fsp3) is 0.455. The van der Waals surface area contributed by atoms with Crippen LogP contribution < -0.4 is 5.32 Å². The molecule has 0 aliphatic rings. The van der Waals surface area contributed by atoms with Crippen LogP contribution >= 0.6 is 0 Å². The zero-order valence-electron chi connectivity index (χ0n) is 9.72. The number of aromatic nitrogens is 4. The summed E-state index contributed by atoms with van der Waals surface area (Å²) < 4.78 is 3.88. The van der Waals surface area contributed by atoms with Gasteiger partial charge < -0.3 is 9.88 Å². The number of nitrogens with one attached hydrogen (secondary N) is 1. The van der Waals surface area contributed by atoms with Gasteiger partial charge in [-0.25, -0.2) is 4.98 Å². The summed E-state index contributed by atoms with van der Waals surface area (Å²) in [5.41, 5.74) is 2.26. The van der Waals surface area contributed by atoms with Crippen molar-refractivity contribution in [2.45, 2.75) is 20.0 Å². The lowest BCUT2D eigenvalue weighted by atomic mass is 10.3. The third-order valence-electron chi connectivity index (χ3n) is 2.37. The monoisotopic (exact) mass is 219 g/mol. The van der Waals surface area contributed by atoms with E-state index in [-0.39, 0.29) is 0 Å². The molecule has 86 valence electrons. The Morgan fingerprint density at radius 1 is 1.38 bits per heavy atom. The Bertz CT molecular complexity index is 443. The summed E-state index contributed by atoms with van der Waals surface area (Å²) in [5, 5.41) is 7.39. The summed E-state index contributed by atoms with van der Waals surface area (Å²) in [7, 11) is 1.92. The number of hydrogen-bond acceptors (Lipinski definition) is 3. The van der Waals surface area contributed by atoms with Crippen LogP contribution in [0, 0.1) is 0 Å². The molecule has 0 bridgehead atoms. The molecule has 5 heteroatoms. The minimum atomic E-state index is 0.826. The molecule has 0 radical (unpaired) electrons. The molecule has 0 atom stereocenters. The fourth-order valence-electron chi connectivity index (χ4n) is 1.60. The van der Waals surface area contributed by atoms with Crippen LogP contribution in [0.3, 0.4) is 0 Å². The quantitative estimate of drug-likeness (QED) is 0.808. The van der Waals surface area contributed by atoms with Crippen molar-refractivity contribution in [1.29, 1.82) is 0 Å². The maximum Gasteiger partial charge on any atom is 0.0953 e. The summed E-state index contributed by atoms with van der Waals surface area (Å²) in [6.45, 7) is 4.71. The van der Waals surface area contributed by atoms with Crippen molar-refractivity contribution in [2.75, 3.05) is 6.54 Å². The highest BCUT2D eigenvalue weighted by Gasteiger charge is 2.00. The average molecular weight is 219 g/mol. The number of rotatable bonds is 5. The molecule has 16 heavy (non-hydrogen) atoms. The normalized spacial score (nSPS) is 10.9. The lowest BCUT2D eigenvalue weighted by Crippen LogP contribution is -2.11. The Hall–Kier alpha value is -1.62. The van der Waals surface area contributed by atoms with Crippen molar-refractivity contribution in [2.24, 2.45) is 7.05 Å². The van der Waals surface area contributed by atoms with Gasteiger partial charge in [0.1, 0.15) is 0 Å². The molecule has 0 amide bonds. The number of nitrogens with zero attached hydrogens (tertiary/aromatic N) is 4. The first kappa shape index (κ1) is 10.9. The lowest BCUT2D eigenvalue weighted by molar-refractivity contribution is 0.712. The summed E-state index contributed by atoms with van der Waals surface area (Å²) in [4.78, 5) is 4.33. The van der Waals surface area contributed by atoms with Gasteiger partial charge in [-0.3, -0.25) is 4.68 Å². The fourth-order valence-corrected chi connectivity index (χ4v) is 1.60. The first-order valence-electron chi connectivity index (χ1n) is 5.47. The van der Waals surface area contributed by atoms with Crippen LogP contribution in [0.1, 0.15) is 18.2 Å². The number of aryl methyl sites for hydroxylation is 1. The molecular weight excluding hydrogens is 202 g/mol. The van der Waals surface area contributed by atoms with Crippen LogP contribution in [0.25, 0.3) is 0 Å². The molecule has 0 spiro atoms. The molecule has 5 nitrogen and oxygen atoms in total. The summed E-state index contributed by atoms with van der Waals surface area (Å²) >= 11 is 0. The van der Waals surface area contributed by atoms with Gasteiger partial charge in [0.05, 0.1) is 24.8 Å². The second-order valence-electron chi connectivity index (χ2n) is 3.84. The molecule has 2 heterocycles. The second-order valence-corrected chi connectivity index (χ2v) is 3.84. The van der Waals surface area contributed by atoms with E-state index in [4.69, 9.17) is 0 Å². The maximum atomic E-state index is 4.33. The molecule has 0 saturated carbocycles. The SMILES string of the molecule is CCNCc1cn(Cc2cnn(C)c2)cn1. The van der Waals surface area contributed by atoms with Crippen molar-refractivity contribution in [3.63, 3.8) is 0 Å². The molecule has 0 aliphatic carbocycles. The van der Waals surface area contributed by atoms with Crippen LogP contribution in [-0.4, -0.2) is 25.9 Å². The third-order valence-corrected chi connectivity index (χ3v) is 2.37. The van der Waals surface area contributed by atoms with E-state index in [1.54, 1.807) is 0 Å². The Labute approximate surface area is 95.1 Å². The van der Waals surface area contributed by atoms with Gasteiger partial charge in [-0.1, -0.05) is 6.92 Å². The number of hydrogen-bond donors (Lipinski definition) is 1. The highest BCUT2D eigenvalue weighted by molar-refractivity contribution is 5.06. The standard InChI is InChI=1S/C11H17N5/c1-3-12-5-11-8-16(9-13-11)7-10-4-14-15(2)6-10/h4,6,8-9,12H,3,5,7H2,1-2H3. The van der Waals surface area contributed by atoms with Crippen molar-refractivity contribution >= 4 is 0 Å². The van der Waals surface area contributed by atoms with Crippen LogP contribution in [0.4, 0.5) is 0 Å². The maximum absolute atomic E-state index is 4.33. The Morgan fingerprint density at radius 2 is 2.25 bits per heavy atom. The summed E-state index contributed by atoms with van der Waals surface area (Å²) in [6.07, 6.45) is 7.82. The molecule has 1 N–H and O–H groups in total. The highest BCUT2D eigenvalue weighted by atomic mass is 15.2. The van der Waals surface area contributed by atoms with Gasteiger partial charge in [-0.15, -0.1) is 0 Å². The summed E-state index contributed by atoms with van der Waals surface area (Å²) in [6, 6.07) is 0. The van der Waals surface area contributed by atoms with Gasteiger partial charge in [0.25, 0.3) is 0 Å². The average Bonchev–Trinajstić information content (AvgIpc) is 2.86. The van der Waals surface area contributed by atoms with Gasteiger partial charge in [-0.2, -0.15) is 5.10 Å². The van der Waals surface area contributed by atoms with E-state index in [9.17, 15) is 0 Å².